The third-order valence-corrected chi connectivity index (χ3v) is 4.43. The molecule has 2 aliphatic heterocycles. The van der Waals surface area contributed by atoms with Crippen molar-refractivity contribution >= 4 is 47.4 Å². The van der Waals surface area contributed by atoms with Gasteiger partial charge in [-0.3, -0.25) is 4.79 Å². The molecule has 4 N–H and O–H groups in total. The number of amides is 1. The molecule has 3 unspecified atom stereocenters. The number of nitrogens with one attached hydrogen (secondary N) is 3. The molecule has 0 spiro atoms. The number of imidazole rings is 1. The zero-order valence-corrected chi connectivity index (χ0v) is 15.2. The third kappa shape index (κ3) is 4.24. The number of halogens is 2. The second-order valence-electron chi connectivity index (χ2n) is 6.20. The van der Waals surface area contributed by atoms with Crippen LogP contribution in [0.4, 0.5) is 5.69 Å². The summed E-state index contributed by atoms with van der Waals surface area (Å²) in [6.45, 7) is 1.24. The molecule has 25 heavy (non-hydrogen) atoms. The molecular weight excluding hydrogens is 367 g/mol. The fourth-order valence-corrected chi connectivity index (χ4v) is 3.20. The molecule has 3 heterocycles. The van der Waals surface area contributed by atoms with E-state index in [1.165, 1.54) is 0 Å². The first-order valence-corrected chi connectivity index (χ1v) is 8.02. The number of aromatic amines is 1. The normalized spacial score (nSPS) is 25.4. The summed E-state index contributed by atoms with van der Waals surface area (Å²) in [5.74, 6) is 0.723. The molecule has 2 fully saturated rings. The average molecular weight is 389 g/mol. The first-order valence-electron chi connectivity index (χ1n) is 8.02. The molecule has 0 radical (unpaired) electrons. The van der Waals surface area contributed by atoms with Crippen LogP contribution in [0.2, 0.25) is 0 Å². The summed E-state index contributed by atoms with van der Waals surface area (Å²) < 4.78 is 5.65. The summed E-state index contributed by atoms with van der Waals surface area (Å²) in [5, 5.41) is 15.4. The topological polar surface area (TPSA) is 99.3 Å². The SMILES string of the molecule is Cl.Cl.O=C(Nc1ccc2nc(C3CCCO3)[nH]c2c1)C1CC(O)CN1. The van der Waals surface area contributed by atoms with Gasteiger partial charge in [0.1, 0.15) is 11.9 Å². The lowest BCUT2D eigenvalue weighted by Crippen LogP contribution is -2.35. The average Bonchev–Trinajstić information content (AvgIpc) is 3.26. The van der Waals surface area contributed by atoms with E-state index in [1.54, 1.807) is 0 Å². The quantitative estimate of drug-likeness (QED) is 0.643. The van der Waals surface area contributed by atoms with Crippen molar-refractivity contribution in [3.05, 3.63) is 24.0 Å². The first kappa shape index (κ1) is 19.9. The molecule has 1 aromatic heterocycles. The molecule has 9 heteroatoms. The predicted molar refractivity (Wildman–Crippen MR) is 99.6 cm³/mol. The molecular formula is C16H22Cl2N4O3. The number of aromatic nitrogens is 2. The van der Waals surface area contributed by atoms with Crippen LogP contribution in [0, 0.1) is 0 Å². The van der Waals surface area contributed by atoms with Crippen LogP contribution in [0.1, 0.15) is 31.2 Å². The van der Waals surface area contributed by atoms with E-state index in [1.807, 2.05) is 18.2 Å². The minimum Gasteiger partial charge on any atom is -0.392 e. The number of fused-ring (bicyclic) bond motifs is 1. The number of carbonyl (C=O) groups is 1. The number of aliphatic hydroxyl groups excluding tert-OH is 1. The molecule has 138 valence electrons. The Hall–Kier alpha value is -1.38. The van der Waals surface area contributed by atoms with Crippen molar-refractivity contribution in [2.24, 2.45) is 0 Å². The van der Waals surface area contributed by atoms with Gasteiger partial charge in [-0.1, -0.05) is 0 Å². The number of β-amino-alcohol motifs (C(OH)–C–C–N with tert-alkyl or cyclic N) is 1. The molecule has 0 saturated carbocycles. The fraction of sp³-hybridized carbons (Fsp3) is 0.500. The van der Waals surface area contributed by atoms with Gasteiger partial charge in [-0.2, -0.15) is 0 Å². The highest BCUT2D eigenvalue weighted by Gasteiger charge is 2.28. The Bertz CT molecular complexity index is 733. The van der Waals surface area contributed by atoms with Crippen molar-refractivity contribution in [3.8, 4) is 0 Å². The van der Waals surface area contributed by atoms with Gasteiger partial charge in [-0.15, -0.1) is 24.8 Å². The van der Waals surface area contributed by atoms with Crippen molar-refractivity contribution in [1.82, 2.24) is 15.3 Å². The number of aliphatic hydroxyl groups is 1. The lowest BCUT2D eigenvalue weighted by atomic mass is 10.2. The maximum absolute atomic E-state index is 12.2. The van der Waals surface area contributed by atoms with Gasteiger partial charge >= 0.3 is 0 Å². The van der Waals surface area contributed by atoms with Crippen molar-refractivity contribution < 1.29 is 14.6 Å². The number of nitrogens with zero attached hydrogens (tertiary/aromatic N) is 1. The van der Waals surface area contributed by atoms with Crippen LogP contribution in [0.25, 0.3) is 11.0 Å². The monoisotopic (exact) mass is 388 g/mol. The Morgan fingerprint density at radius 1 is 1.36 bits per heavy atom. The van der Waals surface area contributed by atoms with E-state index in [0.29, 0.717) is 18.7 Å². The molecule has 1 aromatic carbocycles. The zero-order valence-electron chi connectivity index (χ0n) is 13.5. The number of carbonyl (C=O) groups excluding carboxylic acids is 1. The lowest BCUT2D eigenvalue weighted by Gasteiger charge is -2.10. The highest BCUT2D eigenvalue weighted by molar-refractivity contribution is 5.96. The van der Waals surface area contributed by atoms with Crippen LogP contribution in [-0.4, -0.2) is 46.3 Å². The summed E-state index contributed by atoms with van der Waals surface area (Å²) in [4.78, 5) is 20.0. The highest BCUT2D eigenvalue weighted by atomic mass is 35.5. The minimum atomic E-state index is -0.449. The number of benzene rings is 1. The summed E-state index contributed by atoms with van der Waals surface area (Å²) in [7, 11) is 0. The van der Waals surface area contributed by atoms with E-state index >= 15 is 0 Å². The molecule has 2 saturated heterocycles. The Morgan fingerprint density at radius 3 is 2.88 bits per heavy atom. The van der Waals surface area contributed by atoms with Gasteiger partial charge in [0.2, 0.25) is 5.91 Å². The van der Waals surface area contributed by atoms with Gasteiger partial charge in [0, 0.05) is 18.8 Å². The van der Waals surface area contributed by atoms with Crippen LogP contribution in [0.15, 0.2) is 18.2 Å². The maximum atomic E-state index is 12.2. The van der Waals surface area contributed by atoms with Crippen molar-refractivity contribution in [2.75, 3.05) is 18.5 Å². The lowest BCUT2D eigenvalue weighted by molar-refractivity contribution is -0.117. The molecule has 1 amide bonds. The standard InChI is InChI=1S/C16H20N4O3.2ClH/c21-10-7-13(17-8-10)16(22)18-9-3-4-11-12(6-9)20-15(19-11)14-2-1-5-23-14;;/h3-4,6,10,13-14,17,21H,1-2,5,7-8H2,(H,18,22)(H,19,20);2*1H. The number of H-pyrrole nitrogens is 1. The Morgan fingerprint density at radius 2 is 2.20 bits per heavy atom. The number of rotatable bonds is 3. The molecule has 2 aliphatic rings. The molecule has 4 rings (SSSR count). The van der Waals surface area contributed by atoms with Gasteiger partial charge < -0.3 is 25.5 Å². The Kier molecular flexibility index (Phi) is 6.65. The van der Waals surface area contributed by atoms with Crippen LogP contribution < -0.4 is 10.6 Å². The summed E-state index contributed by atoms with van der Waals surface area (Å²) in [6.07, 6.45) is 2.09. The Labute approximate surface area is 157 Å². The largest absolute Gasteiger partial charge is 0.392 e. The van der Waals surface area contributed by atoms with Crippen molar-refractivity contribution in [1.29, 1.82) is 0 Å². The van der Waals surface area contributed by atoms with Gasteiger partial charge in [0.25, 0.3) is 0 Å². The van der Waals surface area contributed by atoms with Crippen LogP contribution in [0.5, 0.6) is 0 Å². The minimum absolute atomic E-state index is 0. The van der Waals surface area contributed by atoms with Gasteiger partial charge in [-0.25, -0.2) is 4.98 Å². The number of hydrogen-bond acceptors (Lipinski definition) is 5. The summed E-state index contributed by atoms with van der Waals surface area (Å²) >= 11 is 0. The van der Waals surface area contributed by atoms with Crippen LogP contribution in [0.3, 0.4) is 0 Å². The van der Waals surface area contributed by atoms with E-state index in [0.717, 1.165) is 36.3 Å². The highest BCUT2D eigenvalue weighted by Crippen LogP contribution is 2.28. The fourth-order valence-electron chi connectivity index (χ4n) is 3.20. The second kappa shape index (κ2) is 8.33. The summed E-state index contributed by atoms with van der Waals surface area (Å²) in [5.41, 5.74) is 2.46. The van der Waals surface area contributed by atoms with E-state index < -0.39 is 6.10 Å². The van der Waals surface area contributed by atoms with Gasteiger partial charge in [0.15, 0.2) is 0 Å². The number of ether oxygens (including phenoxy) is 1. The molecule has 7 nitrogen and oxygen atoms in total. The van der Waals surface area contributed by atoms with E-state index in [-0.39, 0.29) is 42.9 Å². The Balaban J connectivity index is 0.00000113. The van der Waals surface area contributed by atoms with Crippen molar-refractivity contribution in [2.45, 2.75) is 37.5 Å². The zero-order chi connectivity index (χ0) is 15.8. The number of anilines is 1. The predicted octanol–water partition coefficient (Wildman–Crippen LogP) is 1.92. The smallest absolute Gasteiger partial charge is 0.241 e. The van der Waals surface area contributed by atoms with E-state index in [4.69, 9.17) is 4.74 Å². The molecule has 3 atom stereocenters. The van der Waals surface area contributed by atoms with E-state index in [9.17, 15) is 9.90 Å². The van der Waals surface area contributed by atoms with Crippen LogP contribution in [-0.2, 0) is 9.53 Å². The second-order valence-corrected chi connectivity index (χ2v) is 6.20. The first-order chi connectivity index (χ1) is 11.2. The molecule has 2 aromatic rings. The third-order valence-electron chi connectivity index (χ3n) is 4.43. The van der Waals surface area contributed by atoms with Gasteiger partial charge in [0.05, 0.1) is 23.2 Å². The van der Waals surface area contributed by atoms with Crippen molar-refractivity contribution in [3.63, 3.8) is 0 Å². The maximum Gasteiger partial charge on any atom is 0.241 e. The molecule has 0 bridgehead atoms. The van der Waals surface area contributed by atoms with E-state index in [2.05, 4.69) is 20.6 Å². The van der Waals surface area contributed by atoms with Crippen LogP contribution >= 0.6 is 24.8 Å². The molecule has 0 aliphatic carbocycles. The summed E-state index contributed by atoms with van der Waals surface area (Å²) in [6, 6.07) is 5.26. The number of hydrogen-bond donors (Lipinski definition) is 4. The van der Waals surface area contributed by atoms with Gasteiger partial charge in [-0.05, 0) is 37.5 Å².